The lowest BCUT2D eigenvalue weighted by Gasteiger charge is -2.32. The van der Waals surface area contributed by atoms with Gasteiger partial charge in [-0.25, -0.2) is 14.9 Å². The Morgan fingerprint density at radius 1 is 1.56 bits per heavy atom. The summed E-state index contributed by atoms with van der Waals surface area (Å²) >= 11 is 0. The minimum atomic E-state index is -0.462. The van der Waals surface area contributed by atoms with Crippen LogP contribution < -0.4 is 10.4 Å². The highest BCUT2D eigenvalue weighted by Gasteiger charge is 2.30. The van der Waals surface area contributed by atoms with Gasteiger partial charge in [-0.15, -0.1) is 0 Å². The molecule has 1 aromatic heterocycles. The first-order valence-electron chi connectivity index (χ1n) is 5.69. The summed E-state index contributed by atoms with van der Waals surface area (Å²) in [5, 5.41) is 4.24. The predicted octanol–water partition coefficient (Wildman–Crippen LogP) is -0.768. The van der Waals surface area contributed by atoms with Crippen molar-refractivity contribution in [2.24, 2.45) is 7.05 Å². The maximum Gasteiger partial charge on any atom is 0.275 e. The van der Waals surface area contributed by atoms with E-state index in [1.54, 1.807) is 23.0 Å². The topological polar surface area (TPSA) is 77.8 Å². The van der Waals surface area contributed by atoms with Crippen molar-refractivity contribution < 1.29 is 19.1 Å². The van der Waals surface area contributed by atoms with Crippen LogP contribution in [0.25, 0.3) is 0 Å². The van der Waals surface area contributed by atoms with E-state index in [2.05, 4.69) is 10.3 Å². The SMILES string of the molecule is Cn1cnc2c1N(OC1COCCO1)CNC2=O. The van der Waals surface area contributed by atoms with Gasteiger partial charge in [0.25, 0.3) is 5.91 Å². The monoisotopic (exact) mass is 254 g/mol. The molecule has 0 spiro atoms. The molecule has 0 bridgehead atoms. The highest BCUT2D eigenvalue weighted by molar-refractivity contribution is 5.98. The van der Waals surface area contributed by atoms with Crippen molar-refractivity contribution in [3.8, 4) is 0 Å². The van der Waals surface area contributed by atoms with Crippen molar-refractivity contribution in [3.05, 3.63) is 12.0 Å². The lowest BCUT2D eigenvalue weighted by molar-refractivity contribution is -0.218. The van der Waals surface area contributed by atoms with Crippen LogP contribution in [0.15, 0.2) is 6.33 Å². The second kappa shape index (κ2) is 4.56. The molecule has 2 aliphatic rings. The van der Waals surface area contributed by atoms with E-state index in [9.17, 15) is 4.79 Å². The Bertz CT molecular complexity index is 455. The lowest BCUT2D eigenvalue weighted by Crippen LogP contribution is -2.47. The van der Waals surface area contributed by atoms with Gasteiger partial charge in [0.05, 0.1) is 19.5 Å². The van der Waals surface area contributed by atoms with Crippen LogP contribution in [0.2, 0.25) is 0 Å². The first-order chi connectivity index (χ1) is 8.75. The molecule has 1 amide bonds. The quantitative estimate of drug-likeness (QED) is 0.747. The number of hydrogen-bond acceptors (Lipinski definition) is 6. The molecule has 1 N–H and O–H groups in total. The van der Waals surface area contributed by atoms with Crippen molar-refractivity contribution >= 4 is 11.7 Å². The normalized spacial score (nSPS) is 23.7. The molecule has 0 aromatic carbocycles. The van der Waals surface area contributed by atoms with Crippen LogP contribution in [-0.2, 0) is 21.4 Å². The lowest BCUT2D eigenvalue weighted by atomic mass is 10.3. The van der Waals surface area contributed by atoms with Gasteiger partial charge in [0.2, 0.25) is 6.29 Å². The molecular weight excluding hydrogens is 240 g/mol. The predicted molar refractivity (Wildman–Crippen MR) is 59.7 cm³/mol. The first-order valence-corrected chi connectivity index (χ1v) is 5.69. The molecule has 1 atom stereocenters. The van der Waals surface area contributed by atoms with Gasteiger partial charge in [-0.1, -0.05) is 0 Å². The standard InChI is InChI=1S/C10H14N4O4/c1-13-5-11-8-9(15)12-6-14(10(8)13)18-7-4-16-2-3-17-7/h5,7H,2-4,6H2,1H3,(H,12,15). The van der Waals surface area contributed by atoms with E-state index in [1.165, 1.54) is 0 Å². The molecule has 1 unspecified atom stereocenters. The van der Waals surface area contributed by atoms with Crippen LogP contribution in [0.5, 0.6) is 0 Å². The Balaban J connectivity index is 1.79. The number of anilines is 1. The van der Waals surface area contributed by atoms with Gasteiger partial charge in [0.1, 0.15) is 13.3 Å². The Morgan fingerprint density at radius 2 is 2.44 bits per heavy atom. The molecule has 18 heavy (non-hydrogen) atoms. The van der Waals surface area contributed by atoms with Crippen LogP contribution in [0.3, 0.4) is 0 Å². The van der Waals surface area contributed by atoms with Crippen molar-refractivity contribution in [2.75, 3.05) is 31.6 Å². The summed E-state index contributed by atoms with van der Waals surface area (Å²) in [7, 11) is 1.80. The summed E-state index contributed by atoms with van der Waals surface area (Å²) in [5.41, 5.74) is 0.348. The number of aromatic nitrogens is 2. The molecule has 0 radical (unpaired) electrons. The Morgan fingerprint density at radius 3 is 3.22 bits per heavy atom. The Kier molecular flexibility index (Phi) is 2.90. The number of hydroxylamine groups is 1. The van der Waals surface area contributed by atoms with Gasteiger partial charge < -0.3 is 19.4 Å². The number of aryl methyl sites for hydroxylation is 1. The van der Waals surface area contributed by atoms with Crippen molar-refractivity contribution in [1.82, 2.24) is 14.9 Å². The van der Waals surface area contributed by atoms with Crippen LogP contribution in [0.1, 0.15) is 10.5 Å². The third-order valence-corrected chi connectivity index (χ3v) is 2.77. The second-order valence-electron chi connectivity index (χ2n) is 4.05. The van der Waals surface area contributed by atoms with Crippen LogP contribution in [0, 0.1) is 0 Å². The van der Waals surface area contributed by atoms with E-state index in [1.807, 2.05) is 0 Å². The van der Waals surface area contributed by atoms with Crippen LogP contribution in [-0.4, -0.2) is 48.2 Å². The number of carbonyl (C=O) groups excluding carboxylic acids is 1. The summed E-state index contributed by atoms with van der Waals surface area (Å²) in [4.78, 5) is 21.3. The van der Waals surface area contributed by atoms with E-state index in [-0.39, 0.29) is 12.6 Å². The molecule has 8 heteroatoms. The van der Waals surface area contributed by atoms with Crippen LogP contribution in [0.4, 0.5) is 5.82 Å². The average Bonchev–Trinajstić information content (AvgIpc) is 2.78. The van der Waals surface area contributed by atoms with Gasteiger partial charge in [-0.3, -0.25) is 4.79 Å². The number of imidazole rings is 1. The fourth-order valence-electron chi connectivity index (χ4n) is 1.94. The molecule has 98 valence electrons. The highest BCUT2D eigenvalue weighted by Crippen LogP contribution is 2.23. The molecule has 3 heterocycles. The number of hydrogen-bond donors (Lipinski definition) is 1. The van der Waals surface area contributed by atoms with E-state index in [4.69, 9.17) is 14.3 Å². The van der Waals surface area contributed by atoms with Gasteiger partial charge in [0.15, 0.2) is 11.5 Å². The minimum absolute atomic E-state index is 0.203. The number of amides is 1. The van der Waals surface area contributed by atoms with E-state index in [0.29, 0.717) is 31.3 Å². The number of carbonyl (C=O) groups is 1. The summed E-state index contributed by atoms with van der Waals surface area (Å²) in [5.74, 6) is 0.416. The average molecular weight is 254 g/mol. The summed E-state index contributed by atoms with van der Waals surface area (Å²) < 4.78 is 12.4. The summed E-state index contributed by atoms with van der Waals surface area (Å²) in [6, 6.07) is 0. The second-order valence-corrected chi connectivity index (χ2v) is 4.05. The van der Waals surface area contributed by atoms with E-state index in [0.717, 1.165) is 0 Å². The molecular formula is C10H14N4O4. The minimum Gasteiger partial charge on any atom is -0.374 e. The largest absolute Gasteiger partial charge is 0.374 e. The molecule has 8 nitrogen and oxygen atoms in total. The van der Waals surface area contributed by atoms with Gasteiger partial charge in [-0.05, 0) is 0 Å². The number of nitrogens with one attached hydrogen (secondary N) is 1. The zero-order valence-corrected chi connectivity index (χ0v) is 9.96. The Labute approximate surface area is 103 Å². The molecule has 0 aliphatic carbocycles. The van der Waals surface area contributed by atoms with Crippen LogP contribution >= 0.6 is 0 Å². The fourth-order valence-corrected chi connectivity index (χ4v) is 1.94. The van der Waals surface area contributed by atoms with Gasteiger partial charge >= 0.3 is 0 Å². The van der Waals surface area contributed by atoms with E-state index >= 15 is 0 Å². The highest BCUT2D eigenvalue weighted by atomic mass is 16.8. The fraction of sp³-hybridized carbons (Fsp3) is 0.600. The maximum atomic E-state index is 11.6. The summed E-state index contributed by atoms with van der Waals surface area (Å²) in [6.45, 7) is 1.71. The van der Waals surface area contributed by atoms with Crippen molar-refractivity contribution in [2.45, 2.75) is 6.29 Å². The first kappa shape index (κ1) is 11.5. The number of rotatable bonds is 2. The van der Waals surface area contributed by atoms with Gasteiger partial charge in [-0.2, -0.15) is 0 Å². The van der Waals surface area contributed by atoms with Crippen molar-refractivity contribution in [3.63, 3.8) is 0 Å². The summed E-state index contributed by atoms with van der Waals surface area (Å²) in [6.07, 6.45) is 1.11. The number of nitrogens with zero attached hydrogens (tertiary/aromatic N) is 3. The number of ether oxygens (including phenoxy) is 2. The smallest absolute Gasteiger partial charge is 0.275 e. The Hall–Kier alpha value is -1.64. The molecule has 1 fully saturated rings. The maximum absolute atomic E-state index is 11.6. The van der Waals surface area contributed by atoms with E-state index < -0.39 is 6.29 Å². The third-order valence-electron chi connectivity index (χ3n) is 2.77. The molecule has 2 aliphatic heterocycles. The van der Waals surface area contributed by atoms with Gasteiger partial charge in [0, 0.05) is 7.05 Å². The zero-order valence-electron chi connectivity index (χ0n) is 9.96. The zero-order chi connectivity index (χ0) is 12.5. The third kappa shape index (κ3) is 1.94. The van der Waals surface area contributed by atoms with Crippen molar-refractivity contribution in [1.29, 1.82) is 0 Å². The molecule has 0 saturated carbocycles. The number of fused-ring (bicyclic) bond motifs is 1. The molecule has 1 aromatic rings. The molecule has 1 saturated heterocycles. The molecule has 3 rings (SSSR count).